The fourth-order valence-electron chi connectivity index (χ4n) is 2.22. The van der Waals surface area contributed by atoms with Crippen LogP contribution in [0.1, 0.15) is 6.42 Å². The molecule has 1 aromatic heterocycles. The van der Waals surface area contributed by atoms with Crippen molar-refractivity contribution in [2.45, 2.75) is 12.5 Å². The Labute approximate surface area is 99.1 Å². The van der Waals surface area contributed by atoms with Gasteiger partial charge in [-0.2, -0.15) is 5.10 Å². The van der Waals surface area contributed by atoms with Crippen molar-refractivity contribution < 1.29 is 8.42 Å². The second kappa shape index (κ2) is 3.73. The van der Waals surface area contributed by atoms with Crippen LogP contribution < -0.4 is 5.32 Å². The van der Waals surface area contributed by atoms with E-state index in [2.05, 4.69) is 15.5 Å². The molecule has 0 saturated carbocycles. The Morgan fingerprint density at radius 1 is 1.41 bits per heavy atom. The number of para-hydroxylation sites is 1. The van der Waals surface area contributed by atoms with Crippen LogP contribution in [0, 0.1) is 0 Å². The van der Waals surface area contributed by atoms with Crippen molar-refractivity contribution in [2.75, 3.05) is 16.8 Å². The monoisotopic (exact) mass is 251 g/mol. The molecule has 2 N–H and O–H groups in total. The molecule has 6 heteroatoms. The van der Waals surface area contributed by atoms with Gasteiger partial charge in [0.2, 0.25) is 0 Å². The van der Waals surface area contributed by atoms with Gasteiger partial charge in [-0.3, -0.25) is 5.10 Å². The van der Waals surface area contributed by atoms with Crippen LogP contribution in [0.15, 0.2) is 24.4 Å². The van der Waals surface area contributed by atoms with E-state index < -0.39 is 9.84 Å². The highest BCUT2D eigenvalue weighted by Crippen LogP contribution is 2.23. The number of aromatic nitrogens is 2. The van der Waals surface area contributed by atoms with Gasteiger partial charge in [-0.25, -0.2) is 8.42 Å². The van der Waals surface area contributed by atoms with Gasteiger partial charge in [0.25, 0.3) is 0 Å². The van der Waals surface area contributed by atoms with Gasteiger partial charge < -0.3 is 5.32 Å². The lowest BCUT2D eigenvalue weighted by Crippen LogP contribution is -2.20. The Kier molecular flexibility index (Phi) is 2.32. The zero-order valence-electron chi connectivity index (χ0n) is 9.18. The molecule has 1 atom stereocenters. The summed E-state index contributed by atoms with van der Waals surface area (Å²) in [6, 6.07) is 5.85. The van der Waals surface area contributed by atoms with E-state index in [4.69, 9.17) is 0 Å². The first-order valence-electron chi connectivity index (χ1n) is 5.53. The predicted molar refractivity (Wildman–Crippen MR) is 66.8 cm³/mol. The van der Waals surface area contributed by atoms with Crippen molar-refractivity contribution in [3.63, 3.8) is 0 Å². The highest BCUT2D eigenvalue weighted by molar-refractivity contribution is 7.91. The van der Waals surface area contributed by atoms with E-state index in [1.54, 1.807) is 6.20 Å². The molecule has 5 nitrogen and oxygen atoms in total. The molecule has 0 spiro atoms. The maximum atomic E-state index is 11.4. The summed E-state index contributed by atoms with van der Waals surface area (Å²) in [6.45, 7) is 0. The third-order valence-corrected chi connectivity index (χ3v) is 4.84. The van der Waals surface area contributed by atoms with E-state index in [0.717, 1.165) is 16.6 Å². The standard InChI is InChI=1S/C11H13N3O2S/c15-17(16)5-4-9(7-17)13-10-3-1-2-8-6-12-14-11(8)10/h1-3,6,9,13H,4-5,7H2,(H,12,14). The van der Waals surface area contributed by atoms with Crippen molar-refractivity contribution in [3.8, 4) is 0 Å². The molecule has 3 rings (SSSR count). The van der Waals surface area contributed by atoms with Crippen molar-refractivity contribution in [1.29, 1.82) is 0 Å². The van der Waals surface area contributed by atoms with E-state index in [1.165, 1.54) is 0 Å². The van der Waals surface area contributed by atoms with E-state index in [-0.39, 0.29) is 17.5 Å². The maximum Gasteiger partial charge on any atom is 0.152 e. The Bertz CT molecular complexity index is 648. The van der Waals surface area contributed by atoms with Crippen LogP contribution in [-0.4, -0.2) is 36.2 Å². The van der Waals surface area contributed by atoms with Gasteiger partial charge in [0.05, 0.1) is 28.9 Å². The van der Waals surface area contributed by atoms with Crippen LogP contribution in [0.25, 0.3) is 10.9 Å². The van der Waals surface area contributed by atoms with Crippen molar-refractivity contribution in [3.05, 3.63) is 24.4 Å². The van der Waals surface area contributed by atoms with E-state index >= 15 is 0 Å². The summed E-state index contributed by atoms with van der Waals surface area (Å²) in [5.74, 6) is 0.501. The lowest BCUT2D eigenvalue weighted by molar-refractivity contribution is 0.602. The minimum absolute atomic E-state index is 0.00824. The first-order chi connectivity index (χ1) is 8.14. The molecule has 0 bridgehead atoms. The summed E-state index contributed by atoms with van der Waals surface area (Å²) in [7, 11) is -2.84. The number of nitrogens with one attached hydrogen (secondary N) is 2. The molecular formula is C11H13N3O2S. The molecular weight excluding hydrogens is 238 g/mol. The zero-order chi connectivity index (χ0) is 11.9. The summed E-state index contributed by atoms with van der Waals surface area (Å²) < 4.78 is 22.8. The smallest absolute Gasteiger partial charge is 0.152 e. The second-order valence-electron chi connectivity index (χ2n) is 4.38. The van der Waals surface area contributed by atoms with Crippen LogP contribution in [0.2, 0.25) is 0 Å². The first-order valence-corrected chi connectivity index (χ1v) is 7.35. The third-order valence-electron chi connectivity index (χ3n) is 3.07. The quantitative estimate of drug-likeness (QED) is 0.840. The number of rotatable bonds is 2. The van der Waals surface area contributed by atoms with Crippen LogP contribution in [0.4, 0.5) is 5.69 Å². The number of benzene rings is 1. The van der Waals surface area contributed by atoms with E-state index in [9.17, 15) is 8.42 Å². The summed E-state index contributed by atoms with van der Waals surface area (Å²) in [5, 5.41) is 11.2. The lowest BCUT2D eigenvalue weighted by atomic mass is 10.2. The number of hydrogen-bond acceptors (Lipinski definition) is 4. The van der Waals surface area contributed by atoms with Crippen LogP contribution in [0.3, 0.4) is 0 Å². The molecule has 1 fully saturated rings. The van der Waals surface area contributed by atoms with Gasteiger partial charge in [-0.05, 0) is 12.5 Å². The highest BCUT2D eigenvalue weighted by atomic mass is 32.2. The molecule has 17 heavy (non-hydrogen) atoms. The first kappa shape index (κ1) is 10.6. The molecule has 1 aliphatic rings. The maximum absolute atomic E-state index is 11.4. The molecule has 0 radical (unpaired) electrons. The Morgan fingerprint density at radius 2 is 2.29 bits per heavy atom. The van der Waals surface area contributed by atoms with Gasteiger partial charge in [-0.15, -0.1) is 0 Å². The number of H-pyrrole nitrogens is 1. The van der Waals surface area contributed by atoms with Crippen molar-refractivity contribution in [2.24, 2.45) is 0 Å². The van der Waals surface area contributed by atoms with Gasteiger partial charge in [0.15, 0.2) is 9.84 Å². The molecule has 0 amide bonds. The fourth-order valence-corrected chi connectivity index (χ4v) is 3.89. The average Bonchev–Trinajstić information content (AvgIpc) is 2.85. The SMILES string of the molecule is O=S1(=O)CCC(Nc2cccc3cn[nH]c23)C1. The number of sulfone groups is 1. The molecule has 90 valence electrons. The summed E-state index contributed by atoms with van der Waals surface area (Å²) in [6.07, 6.45) is 2.43. The number of aromatic amines is 1. The number of hydrogen-bond donors (Lipinski definition) is 2. The van der Waals surface area contributed by atoms with Crippen molar-refractivity contribution >= 4 is 26.4 Å². The molecule has 2 aromatic rings. The summed E-state index contributed by atoms with van der Waals surface area (Å²) >= 11 is 0. The van der Waals surface area contributed by atoms with Gasteiger partial charge in [-0.1, -0.05) is 12.1 Å². The van der Waals surface area contributed by atoms with Crippen molar-refractivity contribution in [1.82, 2.24) is 10.2 Å². The topological polar surface area (TPSA) is 74.8 Å². The minimum Gasteiger partial charge on any atom is -0.380 e. The van der Waals surface area contributed by atoms with Crippen LogP contribution >= 0.6 is 0 Å². The highest BCUT2D eigenvalue weighted by Gasteiger charge is 2.27. The van der Waals surface area contributed by atoms with Crippen LogP contribution in [0.5, 0.6) is 0 Å². The molecule has 0 aliphatic carbocycles. The predicted octanol–water partition coefficient (Wildman–Crippen LogP) is 1.16. The fraction of sp³-hybridized carbons (Fsp3) is 0.364. The zero-order valence-corrected chi connectivity index (χ0v) is 10.00. The Balaban J connectivity index is 1.88. The van der Waals surface area contributed by atoms with E-state index in [0.29, 0.717) is 6.42 Å². The Morgan fingerprint density at radius 3 is 3.06 bits per heavy atom. The summed E-state index contributed by atoms with van der Waals surface area (Å²) in [4.78, 5) is 0. The minimum atomic E-state index is -2.84. The molecule has 1 aliphatic heterocycles. The number of anilines is 1. The van der Waals surface area contributed by atoms with Gasteiger partial charge in [0.1, 0.15) is 0 Å². The molecule has 2 heterocycles. The average molecular weight is 251 g/mol. The van der Waals surface area contributed by atoms with Crippen LogP contribution in [-0.2, 0) is 9.84 Å². The molecule has 1 unspecified atom stereocenters. The summed E-state index contributed by atoms with van der Waals surface area (Å²) in [5.41, 5.74) is 1.85. The Hall–Kier alpha value is -1.56. The third kappa shape index (κ3) is 2.00. The van der Waals surface area contributed by atoms with Gasteiger partial charge in [0, 0.05) is 11.4 Å². The molecule has 1 saturated heterocycles. The number of nitrogens with zero attached hydrogens (tertiary/aromatic N) is 1. The largest absolute Gasteiger partial charge is 0.380 e. The number of fused-ring (bicyclic) bond motifs is 1. The van der Waals surface area contributed by atoms with Gasteiger partial charge >= 0.3 is 0 Å². The normalized spacial score (nSPS) is 22.9. The lowest BCUT2D eigenvalue weighted by Gasteiger charge is -2.12. The van der Waals surface area contributed by atoms with E-state index in [1.807, 2.05) is 18.2 Å². The molecule has 1 aromatic carbocycles. The second-order valence-corrected chi connectivity index (χ2v) is 6.61.